The zero-order valence-corrected chi connectivity index (χ0v) is 10.1. The van der Waals surface area contributed by atoms with Gasteiger partial charge in [0, 0.05) is 13.2 Å². The molecule has 0 aliphatic rings. The smallest absolute Gasteiger partial charge is 0.275 e. The third-order valence-corrected chi connectivity index (χ3v) is 2.44. The van der Waals surface area contributed by atoms with Crippen molar-refractivity contribution in [1.82, 2.24) is 0 Å². The largest absolute Gasteiger partial charge is 0.376 e. The van der Waals surface area contributed by atoms with E-state index in [1.807, 2.05) is 20.8 Å². The number of nitrogens with zero attached hydrogens (tertiary/aromatic N) is 1. The Morgan fingerprint density at radius 1 is 1.31 bits per heavy atom. The molecule has 0 spiro atoms. The molecule has 0 radical (unpaired) electrons. The molecule has 16 heavy (non-hydrogen) atoms. The fourth-order valence-electron chi connectivity index (χ4n) is 1.82. The zero-order valence-electron chi connectivity index (χ0n) is 10.1. The third-order valence-electron chi connectivity index (χ3n) is 2.44. The van der Waals surface area contributed by atoms with Gasteiger partial charge in [-0.15, -0.1) is 0 Å². The normalized spacial score (nSPS) is 13.5. The van der Waals surface area contributed by atoms with Crippen LogP contribution in [0.2, 0.25) is 0 Å². The van der Waals surface area contributed by atoms with Crippen molar-refractivity contribution in [2.24, 2.45) is 5.41 Å². The number of nitro groups is 1. The lowest BCUT2D eigenvalue weighted by Gasteiger charge is -2.29. The van der Waals surface area contributed by atoms with Crippen LogP contribution < -0.4 is 0 Å². The Labute approximate surface area is 95.4 Å². The predicted molar refractivity (Wildman–Crippen MR) is 62.3 cm³/mol. The summed E-state index contributed by atoms with van der Waals surface area (Å²) in [4.78, 5) is 10.6. The van der Waals surface area contributed by atoms with Gasteiger partial charge in [-0.3, -0.25) is 10.1 Å². The number of hydrogen-bond acceptors (Lipinski definition) is 3. The minimum Gasteiger partial charge on any atom is -0.376 e. The standard InChI is InChI=1S/C12H17NO3/c1-12(2,3)11(16-4)9-7-5-6-8-10(9)13(14)15/h5-8,11H,1-4H3. The molecule has 1 unspecified atom stereocenters. The van der Waals surface area contributed by atoms with Crippen LogP contribution in [-0.2, 0) is 4.74 Å². The highest BCUT2D eigenvalue weighted by atomic mass is 16.6. The van der Waals surface area contributed by atoms with E-state index in [9.17, 15) is 10.1 Å². The van der Waals surface area contributed by atoms with Gasteiger partial charge in [0.15, 0.2) is 0 Å². The molecule has 4 nitrogen and oxygen atoms in total. The van der Waals surface area contributed by atoms with E-state index in [1.54, 1.807) is 25.3 Å². The molecule has 0 amide bonds. The number of para-hydroxylation sites is 1. The Morgan fingerprint density at radius 3 is 2.31 bits per heavy atom. The molecule has 0 aliphatic carbocycles. The van der Waals surface area contributed by atoms with Gasteiger partial charge < -0.3 is 4.74 Å². The van der Waals surface area contributed by atoms with Crippen LogP contribution in [0.25, 0.3) is 0 Å². The van der Waals surface area contributed by atoms with Gasteiger partial charge in [0.05, 0.1) is 16.6 Å². The van der Waals surface area contributed by atoms with Crippen LogP contribution in [0.4, 0.5) is 5.69 Å². The van der Waals surface area contributed by atoms with E-state index in [1.165, 1.54) is 6.07 Å². The van der Waals surface area contributed by atoms with Crippen LogP contribution in [-0.4, -0.2) is 12.0 Å². The van der Waals surface area contributed by atoms with Gasteiger partial charge in [-0.25, -0.2) is 0 Å². The second-order valence-corrected chi connectivity index (χ2v) is 4.80. The van der Waals surface area contributed by atoms with Crippen molar-refractivity contribution in [2.75, 3.05) is 7.11 Å². The summed E-state index contributed by atoms with van der Waals surface area (Å²) in [6.07, 6.45) is -0.283. The molecular formula is C12H17NO3. The van der Waals surface area contributed by atoms with Crippen molar-refractivity contribution in [3.63, 3.8) is 0 Å². The molecule has 1 aromatic carbocycles. The van der Waals surface area contributed by atoms with Crippen molar-refractivity contribution in [2.45, 2.75) is 26.9 Å². The third kappa shape index (κ3) is 2.58. The highest BCUT2D eigenvalue weighted by Gasteiger charge is 2.31. The van der Waals surface area contributed by atoms with Crippen LogP contribution in [0.15, 0.2) is 24.3 Å². The van der Waals surface area contributed by atoms with Crippen LogP contribution in [0.3, 0.4) is 0 Å². The average molecular weight is 223 g/mol. The van der Waals surface area contributed by atoms with Crippen LogP contribution in [0.5, 0.6) is 0 Å². The topological polar surface area (TPSA) is 52.4 Å². The molecule has 1 aromatic rings. The Balaban J connectivity index is 3.25. The van der Waals surface area contributed by atoms with E-state index in [0.717, 1.165) is 0 Å². The molecular weight excluding hydrogens is 206 g/mol. The Morgan fingerprint density at radius 2 is 1.88 bits per heavy atom. The van der Waals surface area contributed by atoms with Gasteiger partial charge in [0.1, 0.15) is 0 Å². The average Bonchev–Trinajstić information content (AvgIpc) is 2.17. The van der Waals surface area contributed by atoms with E-state index in [-0.39, 0.29) is 22.1 Å². The van der Waals surface area contributed by atoms with Crippen LogP contribution in [0.1, 0.15) is 32.4 Å². The van der Waals surface area contributed by atoms with Gasteiger partial charge in [-0.05, 0) is 11.5 Å². The Hall–Kier alpha value is -1.42. The van der Waals surface area contributed by atoms with E-state index in [2.05, 4.69) is 0 Å². The van der Waals surface area contributed by atoms with Crippen molar-refractivity contribution in [3.8, 4) is 0 Å². The molecule has 0 N–H and O–H groups in total. The molecule has 0 aromatic heterocycles. The maximum Gasteiger partial charge on any atom is 0.275 e. The van der Waals surface area contributed by atoms with Gasteiger partial charge in [0.25, 0.3) is 5.69 Å². The van der Waals surface area contributed by atoms with E-state index >= 15 is 0 Å². The first kappa shape index (κ1) is 12.6. The summed E-state index contributed by atoms with van der Waals surface area (Å²) < 4.78 is 5.39. The predicted octanol–water partition coefficient (Wildman–Crippen LogP) is 3.33. The lowest BCUT2D eigenvalue weighted by atomic mass is 9.84. The van der Waals surface area contributed by atoms with Crippen molar-refractivity contribution >= 4 is 5.69 Å². The monoisotopic (exact) mass is 223 g/mol. The fourth-order valence-corrected chi connectivity index (χ4v) is 1.82. The second-order valence-electron chi connectivity index (χ2n) is 4.80. The molecule has 0 fully saturated rings. The lowest BCUT2D eigenvalue weighted by molar-refractivity contribution is -0.386. The maximum atomic E-state index is 10.9. The molecule has 0 heterocycles. The van der Waals surface area contributed by atoms with E-state index in [4.69, 9.17) is 4.74 Å². The number of methoxy groups -OCH3 is 1. The lowest BCUT2D eigenvalue weighted by Crippen LogP contribution is -2.21. The highest BCUT2D eigenvalue weighted by molar-refractivity contribution is 5.42. The van der Waals surface area contributed by atoms with Gasteiger partial charge in [-0.2, -0.15) is 0 Å². The highest BCUT2D eigenvalue weighted by Crippen LogP contribution is 2.39. The summed E-state index contributed by atoms with van der Waals surface area (Å²) in [6.45, 7) is 5.99. The summed E-state index contributed by atoms with van der Waals surface area (Å²) in [5.41, 5.74) is 0.563. The summed E-state index contributed by atoms with van der Waals surface area (Å²) in [5.74, 6) is 0. The van der Waals surface area contributed by atoms with Crippen LogP contribution in [0, 0.1) is 15.5 Å². The Kier molecular flexibility index (Phi) is 3.65. The molecule has 0 saturated heterocycles. The summed E-state index contributed by atoms with van der Waals surface area (Å²) in [7, 11) is 1.58. The molecule has 88 valence electrons. The number of nitro benzene ring substituents is 1. The number of benzene rings is 1. The minimum atomic E-state index is -0.368. The first-order valence-electron chi connectivity index (χ1n) is 5.14. The van der Waals surface area contributed by atoms with Crippen molar-refractivity contribution in [1.29, 1.82) is 0 Å². The van der Waals surface area contributed by atoms with Gasteiger partial charge in [0.2, 0.25) is 0 Å². The maximum absolute atomic E-state index is 10.9. The summed E-state index contributed by atoms with van der Waals surface area (Å²) >= 11 is 0. The molecule has 0 bridgehead atoms. The number of hydrogen-bond donors (Lipinski definition) is 0. The summed E-state index contributed by atoms with van der Waals surface area (Å²) in [5, 5.41) is 10.9. The van der Waals surface area contributed by atoms with Crippen molar-refractivity contribution < 1.29 is 9.66 Å². The first-order valence-corrected chi connectivity index (χ1v) is 5.14. The quantitative estimate of drug-likeness (QED) is 0.583. The van der Waals surface area contributed by atoms with Gasteiger partial charge in [-0.1, -0.05) is 32.9 Å². The molecule has 4 heteroatoms. The number of rotatable bonds is 3. The zero-order chi connectivity index (χ0) is 12.3. The first-order chi connectivity index (χ1) is 7.38. The SMILES string of the molecule is COC(c1ccccc1[N+](=O)[O-])C(C)(C)C. The number of ether oxygens (including phenoxy) is 1. The fraction of sp³-hybridized carbons (Fsp3) is 0.500. The second kappa shape index (κ2) is 4.61. The Bertz CT molecular complexity index is 382. The molecule has 0 aliphatic heterocycles. The molecule has 0 saturated carbocycles. The van der Waals surface area contributed by atoms with E-state index < -0.39 is 0 Å². The molecule has 1 atom stereocenters. The van der Waals surface area contributed by atoms with Crippen LogP contribution >= 0.6 is 0 Å². The van der Waals surface area contributed by atoms with E-state index in [0.29, 0.717) is 5.56 Å². The molecule has 1 rings (SSSR count). The summed E-state index contributed by atoms with van der Waals surface area (Å²) in [6, 6.07) is 6.71. The van der Waals surface area contributed by atoms with Crippen molar-refractivity contribution in [3.05, 3.63) is 39.9 Å². The van der Waals surface area contributed by atoms with Gasteiger partial charge >= 0.3 is 0 Å². The minimum absolute atomic E-state index is 0.115.